The highest BCUT2D eigenvalue weighted by atomic mass is 35.5. The van der Waals surface area contributed by atoms with Crippen LogP contribution in [-0.4, -0.2) is 9.97 Å². The lowest BCUT2D eigenvalue weighted by atomic mass is 10.2. The summed E-state index contributed by atoms with van der Waals surface area (Å²) >= 11 is 5.95. The van der Waals surface area contributed by atoms with Gasteiger partial charge in [-0.15, -0.1) is 0 Å². The molecule has 2 heterocycles. The monoisotopic (exact) mass is 248 g/mol. The Labute approximate surface area is 101 Å². The van der Waals surface area contributed by atoms with E-state index in [0.717, 1.165) is 0 Å². The normalized spacial score (nSPS) is 10.9. The Kier molecular flexibility index (Phi) is 2.30. The first-order chi connectivity index (χ1) is 8.24. The first-order valence-corrected chi connectivity index (χ1v) is 5.29. The van der Waals surface area contributed by atoms with Gasteiger partial charge in [0, 0.05) is 11.8 Å². The van der Waals surface area contributed by atoms with Gasteiger partial charge in [0.2, 0.25) is 11.5 Å². The van der Waals surface area contributed by atoms with E-state index in [0.29, 0.717) is 27.7 Å². The third-order valence-corrected chi connectivity index (χ3v) is 2.63. The van der Waals surface area contributed by atoms with Gasteiger partial charge in [-0.3, -0.25) is 0 Å². The SMILES string of the molecule is Fc1ccc(-c2nc3nccc(Cl)c3o2)cc1. The van der Waals surface area contributed by atoms with Crippen LogP contribution in [0.4, 0.5) is 4.39 Å². The average Bonchev–Trinajstić information content (AvgIpc) is 2.75. The maximum atomic E-state index is 12.8. The van der Waals surface area contributed by atoms with Gasteiger partial charge in [-0.2, -0.15) is 4.98 Å². The summed E-state index contributed by atoms with van der Waals surface area (Å²) < 4.78 is 18.3. The molecule has 17 heavy (non-hydrogen) atoms. The van der Waals surface area contributed by atoms with Crippen molar-refractivity contribution in [3.05, 3.63) is 47.4 Å². The van der Waals surface area contributed by atoms with Crippen molar-refractivity contribution in [3.63, 3.8) is 0 Å². The first kappa shape index (κ1) is 10.2. The summed E-state index contributed by atoms with van der Waals surface area (Å²) in [5, 5.41) is 0.455. The van der Waals surface area contributed by atoms with E-state index in [2.05, 4.69) is 9.97 Å². The van der Waals surface area contributed by atoms with Gasteiger partial charge in [0.1, 0.15) is 5.82 Å². The van der Waals surface area contributed by atoms with E-state index >= 15 is 0 Å². The fraction of sp³-hybridized carbons (Fsp3) is 0. The zero-order chi connectivity index (χ0) is 11.8. The lowest BCUT2D eigenvalue weighted by molar-refractivity contribution is 0.616. The van der Waals surface area contributed by atoms with E-state index in [-0.39, 0.29) is 5.82 Å². The van der Waals surface area contributed by atoms with E-state index in [4.69, 9.17) is 16.0 Å². The largest absolute Gasteiger partial charge is 0.433 e. The molecule has 1 aromatic carbocycles. The molecule has 84 valence electrons. The summed E-state index contributed by atoms with van der Waals surface area (Å²) in [7, 11) is 0. The number of pyridine rings is 1. The maximum absolute atomic E-state index is 12.8. The lowest BCUT2D eigenvalue weighted by Crippen LogP contribution is -1.78. The van der Waals surface area contributed by atoms with Crippen LogP contribution in [-0.2, 0) is 0 Å². The Morgan fingerprint density at radius 2 is 1.88 bits per heavy atom. The maximum Gasteiger partial charge on any atom is 0.228 e. The minimum atomic E-state index is -0.305. The highest BCUT2D eigenvalue weighted by Crippen LogP contribution is 2.27. The second kappa shape index (κ2) is 3.82. The van der Waals surface area contributed by atoms with Gasteiger partial charge < -0.3 is 4.42 Å². The van der Waals surface area contributed by atoms with E-state index in [1.54, 1.807) is 24.4 Å². The number of aromatic nitrogens is 2. The molecule has 0 aliphatic rings. The summed E-state index contributed by atoms with van der Waals surface area (Å²) in [4.78, 5) is 8.23. The quantitative estimate of drug-likeness (QED) is 0.659. The molecule has 0 amide bonds. The summed E-state index contributed by atoms with van der Waals surface area (Å²) in [5.41, 5.74) is 1.56. The molecule has 3 rings (SSSR count). The van der Waals surface area contributed by atoms with Crippen LogP contribution in [0, 0.1) is 5.82 Å². The topological polar surface area (TPSA) is 38.9 Å². The van der Waals surface area contributed by atoms with Crippen molar-refractivity contribution >= 4 is 22.8 Å². The summed E-state index contributed by atoms with van der Waals surface area (Å²) in [5.74, 6) is 0.0709. The molecule has 3 aromatic rings. The Hall–Kier alpha value is -1.94. The van der Waals surface area contributed by atoms with E-state index in [1.165, 1.54) is 12.1 Å². The summed E-state index contributed by atoms with van der Waals surface area (Å²) in [6.07, 6.45) is 1.56. The number of hydrogen-bond acceptors (Lipinski definition) is 3. The highest BCUT2D eigenvalue weighted by Gasteiger charge is 2.11. The zero-order valence-corrected chi connectivity index (χ0v) is 9.28. The number of oxazole rings is 1. The van der Waals surface area contributed by atoms with Crippen LogP contribution in [0.15, 0.2) is 40.9 Å². The number of fused-ring (bicyclic) bond motifs is 1. The van der Waals surface area contributed by atoms with Gasteiger partial charge in [0.15, 0.2) is 5.58 Å². The molecule has 0 aliphatic heterocycles. The van der Waals surface area contributed by atoms with Crippen LogP contribution in [0.5, 0.6) is 0 Å². The predicted molar refractivity (Wildman–Crippen MR) is 62.2 cm³/mol. The third kappa shape index (κ3) is 1.76. The van der Waals surface area contributed by atoms with Crippen molar-refractivity contribution in [3.8, 4) is 11.5 Å². The van der Waals surface area contributed by atoms with Crippen LogP contribution >= 0.6 is 11.6 Å². The van der Waals surface area contributed by atoms with Crippen molar-refractivity contribution in [2.75, 3.05) is 0 Å². The Bertz CT molecular complexity index is 679. The van der Waals surface area contributed by atoms with Crippen molar-refractivity contribution in [2.45, 2.75) is 0 Å². The Balaban J connectivity index is 2.18. The fourth-order valence-electron chi connectivity index (χ4n) is 1.52. The molecule has 0 atom stereocenters. The van der Waals surface area contributed by atoms with E-state index in [1.807, 2.05) is 0 Å². The van der Waals surface area contributed by atoms with Crippen LogP contribution in [0.1, 0.15) is 0 Å². The molecule has 3 nitrogen and oxygen atoms in total. The minimum Gasteiger partial charge on any atom is -0.433 e. The van der Waals surface area contributed by atoms with E-state index in [9.17, 15) is 4.39 Å². The molecular weight excluding hydrogens is 243 g/mol. The second-order valence-electron chi connectivity index (χ2n) is 3.47. The molecule has 5 heteroatoms. The molecule has 0 bridgehead atoms. The van der Waals surface area contributed by atoms with E-state index < -0.39 is 0 Å². The lowest BCUT2D eigenvalue weighted by Gasteiger charge is -1.93. The van der Waals surface area contributed by atoms with Gasteiger partial charge in [-0.1, -0.05) is 11.6 Å². The van der Waals surface area contributed by atoms with Crippen LogP contribution in [0.2, 0.25) is 5.02 Å². The Morgan fingerprint density at radius 1 is 1.12 bits per heavy atom. The predicted octanol–water partition coefficient (Wildman–Crippen LogP) is 3.68. The molecule has 0 saturated heterocycles. The van der Waals surface area contributed by atoms with Crippen molar-refractivity contribution in [1.29, 1.82) is 0 Å². The van der Waals surface area contributed by atoms with Crippen molar-refractivity contribution in [2.24, 2.45) is 0 Å². The van der Waals surface area contributed by atoms with Gasteiger partial charge in [-0.25, -0.2) is 9.37 Å². The van der Waals surface area contributed by atoms with Gasteiger partial charge in [-0.05, 0) is 30.3 Å². The first-order valence-electron chi connectivity index (χ1n) is 4.91. The average molecular weight is 249 g/mol. The number of benzene rings is 1. The number of nitrogens with zero attached hydrogens (tertiary/aromatic N) is 2. The number of rotatable bonds is 1. The fourth-order valence-corrected chi connectivity index (χ4v) is 1.70. The molecule has 0 radical (unpaired) electrons. The van der Waals surface area contributed by atoms with Crippen molar-refractivity contribution in [1.82, 2.24) is 9.97 Å². The molecule has 0 N–H and O–H groups in total. The van der Waals surface area contributed by atoms with Gasteiger partial charge >= 0.3 is 0 Å². The highest BCUT2D eigenvalue weighted by molar-refractivity contribution is 6.34. The standard InChI is InChI=1S/C12H6ClFN2O/c13-9-5-6-15-11-10(9)17-12(16-11)7-1-3-8(14)4-2-7/h1-6H. The number of halogens is 2. The van der Waals surface area contributed by atoms with Crippen molar-refractivity contribution < 1.29 is 8.81 Å². The molecule has 0 fully saturated rings. The summed E-state index contributed by atoms with van der Waals surface area (Å²) in [6.45, 7) is 0. The number of hydrogen-bond donors (Lipinski definition) is 0. The third-order valence-electron chi connectivity index (χ3n) is 2.34. The van der Waals surface area contributed by atoms with Crippen LogP contribution < -0.4 is 0 Å². The van der Waals surface area contributed by atoms with Crippen LogP contribution in [0.25, 0.3) is 22.7 Å². The second-order valence-corrected chi connectivity index (χ2v) is 3.88. The van der Waals surface area contributed by atoms with Gasteiger partial charge in [0.25, 0.3) is 0 Å². The Morgan fingerprint density at radius 3 is 2.59 bits per heavy atom. The molecule has 0 saturated carbocycles. The molecule has 0 aliphatic carbocycles. The molecular formula is C12H6ClFN2O. The zero-order valence-electron chi connectivity index (χ0n) is 8.52. The molecule has 0 unspecified atom stereocenters. The smallest absolute Gasteiger partial charge is 0.228 e. The minimum absolute atomic E-state index is 0.305. The van der Waals surface area contributed by atoms with Gasteiger partial charge in [0.05, 0.1) is 5.02 Å². The van der Waals surface area contributed by atoms with Crippen LogP contribution in [0.3, 0.4) is 0 Å². The summed E-state index contributed by atoms with van der Waals surface area (Å²) in [6, 6.07) is 7.50. The molecule has 2 aromatic heterocycles. The molecule has 0 spiro atoms.